The molecular weight excluding hydrogens is 868 g/mol. The molecule has 17 heteroatoms. The number of nitrogens with one attached hydrogen (secondary N) is 2. The molecule has 322 valence electrons. The Bertz CT molecular complexity index is 2610. The number of aromatic nitrogens is 2. The lowest BCUT2D eigenvalue weighted by Crippen LogP contribution is -2.46. The van der Waals surface area contributed by atoms with Crippen molar-refractivity contribution >= 4 is 78.8 Å². The summed E-state index contributed by atoms with van der Waals surface area (Å²) < 4.78 is 35.8. The second-order valence-corrected chi connectivity index (χ2v) is 18.9. The number of rotatable bonds is 16. The summed E-state index contributed by atoms with van der Waals surface area (Å²) in [5.74, 6) is 0.693. The highest BCUT2D eigenvalue weighted by atomic mass is 35.5. The molecule has 5 aromatic carbocycles. The van der Waals surface area contributed by atoms with Gasteiger partial charge in [0.25, 0.3) is 15.7 Å². The number of hydrogen-bond donors (Lipinski definition) is 2. The molecule has 1 atom stereocenters. The topological polar surface area (TPSA) is 146 Å². The van der Waals surface area contributed by atoms with Crippen molar-refractivity contribution in [2.24, 2.45) is 0 Å². The lowest BCUT2D eigenvalue weighted by Gasteiger charge is -2.36. The van der Waals surface area contributed by atoms with Crippen LogP contribution in [0, 0.1) is 10.1 Å². The number of nitrogens with zero attached hydrogens (tertiary/aromatic N) is 6. The molecule has 2 aliphatic heterocycles. The van der Waals surface area contributed by atoms with E-state index in [1.165, 1.54) is 29.6 Å². The van der Waals surface area contributed by atoms with Gasteiger partial charge < -0.3 is 15.0 Å². The summed E-state index contributed by atoms with van der Waals surface area (Å²) >= 11 is 14.1. The maximum Gasteiger partial charge on any atom is 0.293 e. The summed E-state index contributed by atoms with van der Waals surface area (Å²) in [7, 11) is -4.30. The van der Waals surface area contributed by atoms with Crippen molar-refractivity contribution in [3.8, 4) is 11.1 Å². The lowest BCUT2D eigenvalue weighted by molar-refractivity contribution is -0.384. The molecule has 0 amide bonds. The fourth-order valence-electron chi connectivity index (χ4n) is 7.77. The number of piperazine rings is 1. The third kappa shape index (κ3) is 11.0. The fourth-order valence-corrected chi connectivity index (χ4v) is 10.1. The molecule has 8 rings (SSSR count). The van der Waals surface area contributed by atoms with Crippen molar-refractivity contribution < 1.29 is 18.1 Å². The van der Waals surface area contributed by atoms with Gasteiger partial charge in [-0.1, -0.05) is 59.6 Å². The molecule has 62 heavy (non-hydrogen) atoms. The Morgan fingerprint density at radius 2 is 1.58 bits per heavy atom. The van der Waals surface area contributed by atoms with Crippen LogP contribution in [0.4, 0.5) is 22.9 Å². The first-order valence-corrected chi connectivity index (χ1v) is 23.6. The normalized spacial score (nSPS) is 15.7. The molecule has 1 aromatic heterocycles. The van der Waals surface area contributed by atoms with Crippen LogP contribution in [0.1, 0.15) is 12.0 Å². The molecule has 2 saturated heterocycles. The molecular formula is C45H46Cl2N8O5S2. The zero-order valence-electron chi connectivity index (χ0n) is 33.8. The van der Waals surface area contributed by atoms with Gasteiger partial charge in [-0.3, -0.25) is 24.6 Å². The van der Waals surface area contributed by atoms with E-state index >= 15 is 0 Å². The number of anilines is 3. The Morgan fingerprint density at radius 3 is 2.34 bits per heavy atom. The molecule has 2 aliphatic rings. The van der Waals surface area contributed by atoms with Crippen LogP contribution in [0.3, 0.4) is 0 Å². The Morgan fingerprint density at radius 1 is 0.823 bits per heavy atom. The maximum absolute atomic E-state index is 13.8. The molecule has 13 nitrogen and oxygen atoms in total. The van der Waals surface area contributed by atoms with Gasteiger partial charge >= 0.3 is 0 Å². The first-order chi connectivity index (χ1) is 30.1. The molecule has 0 radical (unpaired) electrons. The van der Waals surface area contributed by atoms with E-state index in [9.17, 15) is 18.5 Å². The van der Waals surface area contributed by atoms with E-state index in [4.69, 9.17) is 27.9 Å². The first-order valence-electron chi connectivity index (χ1n) is 20.4. The quantitative estimate of drug-likeness (QED) is 0.0543. The average Bonchev–Trinajstić information content (AvgIpc) is 3.28. The van der Waals surface area contributed by atoms with E-state index in [0.29, 0.717) is 46.3 Å². The largest absolute Gasteiger partial charge is 0.379 e. The maximum atomic E-state index is 13.8. The van der Waals surface area contributed by atoms with Gasteiger partial charge in [0.05, 0.1) is 28.5 Å². The second-order valence-electron chi connectivity index (χ2n) is 15.2. The summed E-state index contributed by atoms with van der Waals surface area (Å²) in [6.07, 6.45) is 2.02. The fraction of sp³-hybridized carbons (Fsp3) is 0.289. The smallest absolute Gasteiger partial charge is 0.293 e. The van der Waals surface area contributed by atoms with Gasteiger partial charge in [-0.25, -0.2) is 18.4 Å². The van der Waals surface area contributed by atoms with E-state index in [1.54, 1.807) is 11.8 Å². The number of benzene rings is 5. The highest BCUT2D eigenvalue weighted by molar-refractivity contribution is 7.99. The van der Waals surface area contributed by atoms with Crippen molar-refractivity contribution in [3.63, 3.8) is 0 Å². The third-order valence-corrected chi connectivity index (χ3v) is 14.1. The molecule has 0 spiro atoms. The van der Waals surface area contributed by atoms with E-state index in [-0.39, 0.29) is 28.1 Å². The van der Waals surface area contributed by atoms with Crippen molar-refractivity contribution in [2.45, 2.75) is 28.8 Å². The van der Waals surface area contributed by atoms with E-state index < -0.39 is 14.9 Å². The molecule has 2 fully saturated rings. The van der Waals surface area contributed by atoms with Crippen LogP contribution in [0.5, 0.6) is 0 Å². The van der Waals surface area contributed by atoms with Crippen LogP contribution in [0.15, 0.2) is 125 Å². The Balaban J connectivity index is 0.940. The molecule has 3 heterocycles. The van der Waals surface area contributed by atoms with Crippen molar-refractivity contribution in [2.75, 3.05) is 79.7 Å². The van der Waals surface area contributed by atoms with Crippen molar-refractivity contribution in [1.82, 2.24) is 19.8 Å². The van der Waals surface area contributed by atoms with Crippen LogP contribution >= 0.6 is 35.0 Å². The van der Waals surface area contributed by atoms with Crippen LogP contribution in [0.25, 0.3) is 22.0 Å². The molecule has 0 aliphatic carbocycles. The minimum atomic E-state index is -4.30. The summed E-state index contributed by atoms with van der Waals surface area (Å²) in [5.41, 5.74) is 4.93. The number of nitro groups is 1. The van der Waals surface area contributed by atoms with Gasteiger partial charge in [0, 0.05) is 96.2 Å². The van der Waals surface area contributed by atoms with Crippen molar-refractivity contribution in [3.05, 3.63) is 141 Å². The predicted octanol–water partition coefficient (Wildman–Crippen LogP) is 8.93. The zero-order chi connectivity index (χ0) is 43.1. The van der Waals surface area contributed by atoms with Crippen LogP contribution in [0.2, 0.25) is 10.0 Å². The van der Waals surface area contributed by atoms with E-state index in [0.717, 1.165) is 74.6 Å². The van der Waals surface area contributed by atoms with Gasteiger partial charge in [-0.2, -0.15) is 0 Å². The van der Waals surface area contributed by atoms with Crippen LogP contribution < -0.4 is 14.9 Å². The Hall–Kier alpha value is -5.00. The minimum Gasteiger partial charge on any atom is -0.379 e. The van der Waals surface area contributed by atoms with Crippen molar-refractivity contribution in [1.29, 1.82) is 0 Å². The lowest BCUT2D eigenvalue weighted by atomic mass is 9.99. The number of halogens is 2. The van der Waals surface area contributed by atoms with Gasteiger partial charge in [0.2, 0.25) is 0 Å². The number of morpholine rings is 1. The Labute approximate surface area is 375 Å². The van der Waals surface area contributed by atoms with Crippen LogP contribution in [-0.2, 0) is 21.3 Å². The zero-order valence-corrected chi connectivity index (χ0v) is 37.0. The average molecular weight is 914 g/mol. The third-order valence-electron chi connectivity index (χ3n) is 11.1. The number of fused-ring (bicyclic) bond motifs is 1. The molecule has 6 aromatic rings. The molecule has 0 saturated carbocycles. The monoisotopic (exact) mass is 912 g/mol. The highest BCUT2D eigenvalue weighted by Crippen LogP contribution is 2.33. The SMILES string of the molecule is O=[N+]([O-])c1cc(S(=O)(=O)Nc2ncnc3cc(N4CCN(Cc5cc(Cl)ccc5-c5ccccc5)CC4)ccc23)ccc1N[C@H](CCN1CCOCC1)CSc1ccc(Cl)cc1. The van der Waals surface area contributed by atoms with Crippen LogP contribution in [-0.4, -0.2) is 104 Å². The van der Waals surface area contributed by atoms with Gasteiger partial charge in [0.15, 0.2) is 5.82 Å². The number of nitro benzene ring substituents is 1. The van der Waals surface area contributed by atoms with E-state index in [2.05, 4.69) is 59.0 Å². The summed E-state index contributed by atoms with van der Waals surface area (Å²) in [6.45, 7) is 7.78. The predicted molar refractivity (Wildman–Crippen MR) is 249 cm³/mol. The molecule has 2 N–H and O–H groups in total. The highest BCUT2D eigenvalue weighted by Gasteiger charge is 2.26. The molecule has 0 unspecified atom stereocenters. The Kier molecular flexibility index (Phi) is 14.1. The van der Waals surface area contributed by atoms with Gasteiger partial charge in [-0.15, -0.1) is 11.8 Å². The minimum absolute atomic E-state index is 0.0781. The standard InChI is InChI=1S/C45H46Cl2N8O5S2/c46-34-6-10-38(11-7-34)61-30-36(16-17-52-22-24-60-25-23-52)50-42-15-12-39(28-44(42)55(56)57)62(58,59)51-45-41-14-9-37(27-43(41)48-31-49-45)54-20-18-53(19-21-54)29-33-26-35(47)8-13-40(33)32-4-2-1-3-5-32/h1-15,26-28,31,36,50H,16-25,29-30H2,(H,48,49,51)/t36-/m1/s1. The summed E-state index contributed by atoms with van der Waals surface area (Å²) in [5, 5.41) is 17.7. The number of ether oxygens (including phenoxy) is 1. The number of hydrogen-bond acceptors (Lipinski definition) is 12. The van der Waals surface area contributed by atoms with Gasteiger partial charge in [-0.05, 0) is 89.8 Å². The summed E-state index contributed by atoms with van der Waals surface area (Å²) in [6, 6.07) is 33.4. The van der Waals surface area contributed by atoms with E-state index in [1.807, 2.05) is 66.7 Å². The summed E-state index contributed by atoms with van der Waals surface area (Å²) in [4.78, 5) is 28.4. The number of thioether (sulfide) groups is 1. The second kappa shape index (κ2) is 20.0. The molecule has 0 bridgehead atoms. The van der Waals surface area contributed by atoms with Gasteiger partial charge in [0.1, 0.15) is 12.0 Å². The first kappa shape index (κ1) is 43.6. The number of sulfonamides is 1.